The fourth-order valence-electron chi connectivity index (χ4n) is 1.25. The number of terminal acetylenes is 1. The van der Waals surface area contributed by atoms with Crippen molar-refractivity contribution in [2.75, 3.05) is 0 Å². The van der Waals surface area contributed by atoms with E-state index in [9.17, 15) is 25.0 Å². The molecule has 0 aliphatic heterocycles. The molecule has 1 unspecified atom stereocenters. The van der Waals surface area contributed by atoms with Gasteiger partial charge in [-0.25, -0.2) is 0 Å². The van der Waals surface area contributed by atoms with E-state index in [2.05, 4.69) is 5.92 Å². The van der Waals surface area contributed by atoms with Crippen molar-refractivity contribution < 1.29 is 19.7 Å². The molecule has 0 amide bonds. The minimum atomic E-state index is -2.50. The molecule has 0 radical (unpaired) electrons. The van der Waals surface area contributed by atoms with Crippen molar-refractivity contribution in [3.8, 4) is 12.3 Å². The SMILES string of the molecule is C#CCCC(CC(C)([N+](=O)[O-])[N+](=O)[O-])C(=O)O. The van der Waals surface area contributed by atoms with Crippen LogP contribution in [-0.4, -0.2) is 26.6 Å². The summed E-state index contributed by atoms with van der Waals surface area (Å²) in [5, 5.41) is 30.1. The van der Waals surface area contributed by atoms with Crippen LogP contribution in [0.5, 0.6) is 0 Å². The average Bonchev–Trinajstić information content (AvgIpc) is 2.22. The van der Waals surface area contributed by atoms with E-state index in [4.69, 9.17) is 11.5 Å². The lowest BCUT2D eigenvalue weighted by Gasteiger charge is -2.16. The molecule has 0 aromatic carbocycles. The van der Waals surface area contributed by atoms with Crippen LogP contribution < -0.4 is 0 Å². The molecule has 0 aliphatic rings. The van der Waals surface area contributed by atoms with Gasteiger partial charge in [0.25, 0.3) is 0 Å². The van der Waals surface area contributed by atoms with Crippen molar-refractivity contribution in [1.82, 2.24) is 0 Å². The number of carbonyl (C=O) groups is 1. The molecule has 0 spiro atoms. The van der Waals surface area contributed by atoms with E-state index in [1.54, 1.807) is 0 Å². The third-order valence-electron chi connectivity index (χ3n) is 2.41. The fourth-order valence-corrected chi connectivity index (χ4v) is 1.25. The number of rotatable bonds is 7. The van der Waals surface area contributed by atoms with Gasteiger partial charge < -0.3 is 5.11 Å². The summed E-state index contributed by atoms with van der Waals surface area (Å²) < 4.78 is 0. The summed E-state index contributed by atoms with van der Waals surface area (Å²) in [6, 6.07) is 0. The van der Waals surface area contributed by atoms with Gasteiger partial charge in [0.1, 0.15) is 6.42 Å². The first-order chi connectivity index (χ1) is 7.75. The topological polar surface area (TPSA) is 124 Å². The molecule has 8 heteroatoms. The van der Waals surface area contributed by atoms with Gasteiger partial charge in [0.2, 0.25) is 0 Å². The summed E-state index contributed by atoms with van der Waals surface area (Å²) in [4.78, 5) is 29.9. The van der Waals surface area contributed by atoms with Crippen molar-refractivity contribution >= 4 is 5.97 Å². The second-order valence-corrected chi connectivity index (χ2v) is 3.71. The highest BCUT2D eigenvalue weighted by Crippen LogP contribution is 2.24. The average molecular weight is 244 g/mol. The molecule has 94 valence electrons. The van der Waals surface area contributed by atoms with Crippen LogP contribution in [0.15, 0.2) is 0 Å². The molecular formula is C9H12N2O6. The highest BCUT2D eigenvalue weighted by molar-refractivity contribution is 5.70. The van der Waals surface area contributed by atoms with E-state index in [0.717, 1.165) is 6.92 Å². The van der Waals surface area contributed by atoms with Gasteiger partial charge in [0.05, 0.1) is 22.7 Å². The van der Waals surface area contributed by atoms with E-state index >= 15 is 0 Å². The third kappa shape index (κ3) is 3.71. The maximum absolute atomic E-state index is 10.8. The van der Waals surface area contributed by atoms with E-state index in [1.807, 2.05) is 0 Å². The van der Waals surface area contributed by atoms with Gasteiger partial charge >= 0.3 is 11.6 Å². The summed E-state index contributed by atoms with van der Waals surface area (Å²) in [5.41, 5.74) is -2.50. The summed E-state index contributed by atoms with van der Waals surface area (Å²) >= 11 is 0. The van der Waals surface area contributed by atoms with Crippen molar-refractivity contribution in [3.05, 3.63) is 20.2 Å². The first kappa shape index (κ1) is 14.8. The number of aliphatic carboxylic acids is 1. The Bertz CT molecular complexity index is 358. The zero-order valence-electron chi connectivity index (χ0n) is 9.16. The van der Waals surface area contributed by atoms with Crippen LogP contribution in [0.3, 0.4) is 0 Å². The van der Waals surface area contributed by atoms with Crippen LogP contribution in [0.25, 0.3) is 0 Å². The maximum Gasteiger partial charge on any atom is 0.456 e. The first-order valence-corrected chi connectivity index (χ1v) is 4.71. The van der Waals surface area contributed by atoms with Crippen molar-refractivity contribution in [3.63, 3.8) is 0 Å². The van der Waals surface area contributed by atoms with Gasteiger partial charge in [0, 0.05) is 6.42 Å². The number of carboxylic acid groups (broad SMARTS) is 1. The largest absolute Gasteiger partial charge is 0.481 e. The lowest BCUT2D eigenvalue weighted by Crippen LogP contribution is -2.45. The Hall–Kier alpha value is -2.17. The smallest absolute Gasteiger partial charge is 0.456 e. The number of nitro groups is 2. The van der Waals surface area contributed by atoms with Crippen LogP contribution in [0.1, 0.15) is 26.2 Å². The summed E-state index contributed by atoms with van der Waals surface area (Å²) in [5.74, 6) is -0.332. The van der Waals surface area contributed by atoms with Gasteiger partial charge in [-0.1, -0.05) is 0 Å². The van der Waals surface area contributed by atoms with Crippen LogP contribution in [-0.2, 0) is 4.79 Å². The molecule has 0 heterocycles. The Labute approximate surface area is 96.9 Å². The van der Waals surface area contributed by atoms with Gasteiger partial charge in [-0.2, -0.15) is 0 Å². The van der Waals surface area contributed by atoms with Crippen molar-refractivity contribution in [1.29, 1.82) is 0 Å². The molecule has 1 N–H and O–H groups in total. The standard InChI is InChI=1S/C9H12N2O6/c1-3-4-5-7(8(12)13)6-9(2,10(14)15)11(16)17/h1,7H,4-6H2,2H3,(H,12,13). The molecule has 0 saturated carbocycles. The highest BCUT2D eigenvalue weighted by atomic mass is 16.7. The zero-order valence-corrected chi connectivity index (χ0v) is 9.16. The van der Waals surface area contributed by atoms with E-state index in [0.29, 0.717) is 0 Å². The Morgan fingerprint density at radius 1 is 1.47 bits per heavy atom. The predicted octanol–water partition coefficient (Wildman–Crippen LogP) is 0.760. The molecular weight excluding hydrogens is 232 g/mol. The van der Waals surface area contributed by atoms with E-state index in [1.165, 1.54) is 0 Å². The Kier molecular flexibility index (Phi) is 5.05. The lowest BCUT2D eigenvalue weighted by atomic mass is 9.92. The number of hydrogen-bond donors (Lipinski definition) is 1. The van der Waals surface area contributed by atoms with Gasteiger partial charge in [-0.05, 0) is 6.42 Å². The van der Waals surface area contributed by atoms with Crippen LogP contribution in [0, 0.1) is 38.5 Å². The van der Waals surface area contributed by atoms with E-state index < -0.39 is 33.8 Å². The second kappa shape index (κ2) is 5.79. The molecule has 0 bridgehead atoms. The van der Waals surface area contributed by atoms with Gasteiger partial charge in [0.15, 0.2) is 0 Å². The number of hydrogen-bond acceptors (Lipinski definition) is 5. The molecule has 0 aromatic rings. The summed E-state index contributed by atoms with van der Waals surface area (Å²) in [6.07, 6.45) is 4.33. The number of carboxylic acids is 1. The third-order valence-corrected chi connectivity index (χ3v) is 2.41. The molecule has 0 fully saturated rings. The molecule has 1 atom stereocenters. The van der Waals surface area contributed by atoms with Crippen LogP contribution in [0.4, 0.5) is 0 Å². The van der Waals surface area contributed by atoms with Crippen molar-refractivity contribution in [2.24, 2.45) is 5.92 Å². The maximum atomic E-state index is 10.8. The normalized spacial score (nSPS) is 12.5. The molecule has 8 nitrogen and oxygen atoms in total. The first-order valence-electron chi connectivity index (χ1n) is 4.71. The number of nitrogens with zero attached hydrogens (tertiary/aromatic N) is 2. The predicted molar refractivity (Wildman–Crippen MR) is 56.2 cm³/mol. The molecule has 17 heavy (non-hydrogen) atoms. The Morgan fingerprint density at radius 3 is 2.24 bits per heavy atom. The second-order valence-electron chi connectivity index (χ2n) is 3.71. The monoisotopic (exact) mass is 244 g/mol. The molecule has 0 saturated heterocycles. The lowest BCUT2D eigenvalue weighted by molar-refractivity contribution is -0.793. The fraction of sp³-hybridized carbons (Fsp3) is 0.667. The van der Waals surface area contributed by atoms with Gasteiger partial charge in [-0.3, -0.25) is 25.0 Å². The summed E-state index contributed by atoms with van der Waals surface area (Å²) in [6.45, 7) is 0.790. The zero-order chi connectivity index (χ0) is 13.6. The quantitative estimate of drug-likeness (QED) is 0.305. The molecule has 0 aromatic heterocycles. The minimum absolute atomic E-state index is 0.0247. The molecule has 0 rings (SSSR count). The Morgan fingerprint density at radius 2 is 1.94 bits per heavy atom. The van der Waals surface area contributed by atoms with Crippen LogP contribution >= 0.6 is 0 Å². The summed E-state index contributed by atoms with van der Waals surface area (Å²) in [7, 11) is 0. The Balaban J connectivity index is 4.95. The highest BCUT2D eigenvalue weighted by Gasteiger charge is 2.53. The van der Waals surface area contributed by atoms with Gasteiger partial charge in [-0.15, -0.1) is 12.3 Å². The molecule has 0 aliphatic carbocycles. The van der Waals surface area contributed by atoms with E-state index in [-0.39, 0.29) is 12.8 Å². The van der Waals surface area contributed by atoms with Crippen molar-refractivity contribution in [2.45, 2.75) is 31.8 Å². The minimum Gasteiger partial charge on any atom is -0.481 e. The van der Waals surface area contributed by atoms with Crippen LogP contribution in [0.2, 0.25) is 0 Å².